The second-order valence-corrected chi connectivity index (χ2v) is 4.62. The largest absolute Gasteiger partial charge is 0.370 e. The van der Waals surface area contributed by atoms with Gasteiger partial charge in [0.25, 0.3) is 0 Å². The molecule has 1 N–H and O–H groups in total. The van der Waals surface area contributed by atoms with Gasteiger partial charge in [0.2, 0.25) is 0 Å². The number of rotatable bonds is 1. The molecule has 0 aliphatic carbocycles. The first-order valence-electron chi connectivity index (χ1n) is 5.19. The average molecular weight is 209 g/mol. The van der Waals surface area contributed by atoms with E-state index in [1.807, 2.05) is 6.07 Å². The Labute approximate surface area is 89.4 Å². The molecule has 0 radical (unpaired) electrons. The van der Waals surface area contributed by atoms with Crippen LogP contribution in [0.1, 0.15) is 25.5 Å². The molecule has 1 aliphatic rings. The normalized spacial score (nSPS) is 25.1. The highest BCUT2D eigenvalue weighted by Crippen LogP contribution is 2.23. The van der Waals surface area contributed by atoms with Crippen molar-refractivity contribution in [3.8, 4) is 0 Å². The van der Waals surface area contributed by atoms with Crippen LogP contribution in [0.25, 0.3) is 0 Å². The van der Waals surface area contributed by atoms with Crippen LogP contribution in [0.5, 0.6) is 0 Å². The highest BCUT2D eigenvalue weighted by atomic mass is 19.1. The molecule has 1 fully saturated rings. The topological polar surface area (TPSA) is 21.3 Å². The molecule has 0 aromatic heterocycles. The van der Waals surface area contributed by atoms with Crippen LogP contribution in [0.3, 0.4) is 0 Å². The zero-order valence-electron chi connectivity index (χ0n) is 9.09. The molecule has 3 heteroatoms. The Hall–Kier alpha value is -0.930. The summed E-state index contributed by atoms with van der Waals surface area (Å²) in [4.78, 5) is 0. The van der Waals surface area contributed by atoms with Crippen LogP contribution >= 0.6 is 0 Å². The lowest BCUT2D eigenvalue weighted by Crippen LogP contribution is -2.50. The summed E-state index contributed by atoms with van der Waals surface area (Å²) in [5.41, 5.74) is 0.919. The van der Waals surface area contributed by atoms with E-state index in [2.05, 4.69) is 19.2 Å². The Kier molecular flexibility index (Phi) is 2.76. The lowest BCUT2D eigenvalue weighted by molar-refractivity contribution is -0.0230. The van der Waals surface area contributed by atoms with Gasteiger partial charge in [-0.1, -0.05) is 12.1 Å². The predicted molar refractivity (Wildman–Crippen MR) is 57.2 cm³/mol. The maximum Gasteiger partial charge on any atom is 0.123 e. The molecule has 0 bridgehead atoms. The Morgan fingerprint density at radius 3 is 2.87 bits per heavy atom. The van der Waals surface area contributed by atoms with Gasteiger partial charge in [0.1, 0.15) is 5.82 Å². The van der Waals surface area contributed by atoms with E-state index in [1.165, 1.54) is 12.1 Å². The van der Waals surface area contributed by atoms with Gasteiger partial charge in [-0.15, -0.1) is 0 Å². The van der Waals surface area contributed by atoms with E-state index in [1.54, 1.807) is 6.07 Å². The number of nitrogens with one attached hydrogen (secondary N) is 1. The van der Waals surface area contributed by atoms with Crippen molar-refractivity contribution in [1.29, 1.82) is 0 Å². The van der Waals surface area contributed by atoms with Crippen molar-refractivity contribution in [2.45, 2.75) is 25.5 Å². The molecule has 82 valence electrons. The number of hydrogen-bond acceptors (Lipinski definition) is 2. The number of ether oxygens (including phenoxy) is 1. The number of halogens is 1. The van der Waals surface area contributed by atoms with Crippen LogP contribution < -0.4 is 5.32 Å². The van der Waals surface area contributed by atoms with Crippen molar-refractivity contribution in [1.82, 2.24) is 5.32 Å². The molecule has 1 heterocycles. The monoisotopic (exact) mass is 209 g/mol. The average Bonchev–Trinajstić information content (AvgIpc) is 2.17. The third-order valence-electron chi connectivity index (χ3n) is 2.63. The van der Waals surface area contributed by atoms with E-state index in [9.17, 15) is 4.39 Å². The van der Waals surface area contributed by atoms with Gasteiger partial charge in [-0.05, 0) is 31.5 Å². The van der Waals surface area contributed by atoms with Gasteiger partial charge in [0, 0.05) is 12.1 Å². The van der Waals surface area contributed by atoms with Gasteiger partial charge in [-0.2, -0.15) is 0 Å². The summed E-state index contributed by atoms with van der Waals surface area (Å²) in [7, 11) is 0. The highest BCUT2D eigenvalue weighted by molar-refractivity contribution is 5.20. The molecule has 1 unspecified atom stereocenters. The van der Waals surface area contributed by atoms with Gasteiger partial charge >= 0.3 is 0 Å². The first-order chi connectivity index (χ1) is 7.07. The molecule has 0 amide bonds. The van der Waals surface area contributed by atoms with Crippen molar-refractivity contribution in [3.05, 3.63) is 35.6 Å². The maximum atomic E-state index is 13.0. The first-order valence-corrected chi connectivity index (χ1v) is 5.19. The summed E-state index contributed by atoms with van der Waals surface area (Å²) in [6.07, 6.45) is -0.0336. The molecule has 0 saturated carbocycles. The van der Waals surface area contributed by atoms with Crippen molar-refractivity contribution >= 4 is 0 Å². The summed E-state index contributed by atoms with van der Waals surface area (Å²) >= 11 is 0. The second kappa shape index (κ2) is 3.91. The van der Waals surface area contributed by atoms with Crippen molar-refractivity contribution in [2.75, 3.05) is 13.2 Å². The fraction of sp³-hybridized carbons (Fsp3) is 0.500. The summed E-state index contributed by atoms with van der Waals surface area (Å²) < 4.78 is 18.7. The second-order valence-electron chi connectivity index (χ2n) is 4.62. The van der Waals surface area contributed by atoms with Crippen LogP contribution in [-0.2, 0) is 4.74 Å². The minimum atomic E-state index is -0.207. The molecule has 1 aliphatic heterocycles. The van der Waals surface area contributed by atoms with Crippen LogP contribution in [0.15, 0.2) is 24.3 Å². The Balaban J connectivity index is 2.08. The van der Waals surface area contributed by atoms with E-state index in [0.717, 1.165) is 12.1 Å². The van der Waals surface area contributed by atoms with Gasteiger partial charge in [-0.25, -0.2) is 4.39 Å². The van der Waals surface area contributed by atoms with Crippen molar-refractivity contribution in [3.63, 3.8) is 0 Å². The molecule has 15 heavy (non-hydrogen) atoms. The van der Waals surface area contributed by atoms with E-state index >= 15 is 0 Å². The quantitative estimate of drug-likeness (QED) is 0.766. The predicted octanol–water partition coefficient (Wildman–Crippen LogP) is 2.27. The van der Waals surface area contributed by atoms with Gasteiger partial charge < -0.3 is 10.1 Å². The molecule has 1 aromatic rings. The third kappa shape index (κ3) is 2.55. The molecular formula is C12H16FNO. The van der Waals surface area contributed by atoms with Crippen LogP contribution in [0.2, 0.25) is 0 Å². The van der Waals surface area contributed by atoms with E-state index in [4.69, 9.17) is 4.74 Å². The fourth-order valence-corrected chi connectivity index (χ4v) is 1.71. The minimum absolute atomic E-state index is 0.0177. The lowest BCUT2D eigenvalue weighted by Gasteiger charge is -2.36. The fourth-order valence-electron chi connectivity index (χ4n) is 1.71. The lowest BCUT2D eigenvalue weighted by atomic mass is 10.0. The van der Waals surface area contributed by atoms with Gasteiger partial charge in [0.05, 0.1) is 12.7 Å². The Bertz CT molecular complexity index is 341. The van der Waals surface area contributed by atoms with E-state index < -0.39 is 0 Å². The van der Waals surface area contributed by atoms with Crippen molar-refractivity contribution < 1.29 is 9.13 Å². The molecule has 2 rings (SSSR count). The Morgan fingerprint density at radius 1 is 1.47 bits per heavy atom. The highest BCUT2D eigenvalue weighted by Gasteiger charge is 2.27. The summed E-state index contributed by atoms with van der Waals surface area (Å²) in [5.74, 6) is -0.207. The Morgan fingerprint density at radius 2 is 2.27 bits per heavy atom. The third-order valence-corrected chi connectivity index (χ3v) is 2.63. The van der Waals surface area contributed by atoms with Crippen LogP contribution in [0, 0.1) is 5.82 Å². The van der Waals surface area contributed by atoms with Crippen molar-refractivity contribution in [2.24, 2.45) is 0 Å². The number of hydrogen-bond donors (Lipinski definition) is 1. The summed E-state index contributed by atoms with van der Waals surface area (Å²) in [6, 6.07) is 6.59. The first kappa shape index (κ1) is 10.6. The number of benzene rings is 1. The molecule has 0 spiro atoms. The maximum absolute atomic E-state index is 13.0. The minimum Gasteiger partial charge on any atom is -0.370 e. The van der Waals surface area contributed by atoms with E-state index in [-0.39, 0.29) is 17.5 Å². The summed E-state index contributed by atoms with van der Waals surface area (Å²) in [5, 5.41) is 3.38. The smallest absolute Gasteiger partial charge is 0.123 e. The molecule has 1 saturated heterocycles. The van der Waals surface area contributed by atoms with Crippen LogP contribution in [0.4, 0.5) is 4.39 Å². The van der Waals surface area contributed by atoms with Crippen LogP contribution in [-0.4, -0.2) is 18.7 Å². The zero-order valence-corrected chi connectivity index (χ0v) is 9.09. The van der Waals surface area contributed by atoms with E-state index in [0.29, 0.717) is 6.61 Å². The molecule has 1 atom stereocenters. The standard InChI is InChI=1S/C12H16FNO/c1-12(2)8-15-11(7-14-12)9-4-3-5-10(13)6-9/h3-6,11,14H,7-8H2,1-2H3. The SMILES string of the molecule is CC1(C)COC(c2cccc(F)c2)CN1. The molecular weight excluding hydrogens is 193 g/mol. The molecule has 1 aromatic carbocycles. The van der Waals surface area contributed by atoms with Gasteiger partial charge in [0.15, 0.2) is 0 Å². The van der Waals surface area contributed by atoms with Gasteiger partial charge in [-0.3, -0.25) is 0 Å². The molecule has 2 nitrogen and oxygen atoms in total. The zero-order chi connectivity index (χ0) is 10.9. The number of morpholine rings is 1. The summed E-state index contributed by atoms with van der Waals surface area (Å²) in [6.45, 7) is 5.56.